The molecule has 0 saturated carbocycles. The van der Waals surface area contributed by atoms with E-state index in [0.717, 1.165) is 17.6 Å². The van der Waals surface area contributed by atoms with E-state index in [1.807, 2.05) is 17.0 Å². The number of benzene rings is 1. The zero-order valence-corrected chi connectivity index (χ0v) is 13.1. The second kappa shape index (κ2) is 5.51. The normalized spacial score (nSPS) is 18.2. The molecule has 1 amide bonds. The van der Waals surface area contributed by atoms with Crippen LogP contribution in [0.1, 0.15) is 24.2 Å². The smallest absolute Gasteiger partial charge is 0.257 e. The lowest BCUT2D eigenvalue weighted by Gasteiger charge is -2.39. The monoisotopic (exact) mass is 326 g/mol. The lowest BCUT2D eigenvalue weighted by Crippen LogP contribution is -2.58. The molecule has 0 atom stereocenters. The second-order valence-electron chi connectivity index (χ2n) is 5.38. The maximum atomic E-state index is 12.6. The molecular formula is C14H19BrN2O2. The molecule has 19 heavy (non-hydrogen) atoms. The van der Waals surface area contributed by atoms with Gasteiger partial charge in [-0.1, -0.05) is 15.9 Å². The standard InChI is InChI=1S/C14H19BrN2O2/c1-14(2)9-17(7-6-16-14)13(18)11-5-4-10(15)8-12(11)19-3/h4-5,8,16H,6-7,9H2,1-3H3. The van der Waals surface area contributed by atoms with Crippen molar-refractivity contribution >= 4 is 21.8 Å². The fourth-order valence-corrected chi connectivity index (χ4v) is 2.67. The minimum atomic E-state index is -0.0451. The summed E-state index contributed by atoms with van der Waals surface area (Å²) in [5.74, 6) is 0.634. The number of ether oxygens (including phenoxy) is 1. The summed E-state index contributed by atoms with van der Waals surface area (Å²) >= 11 is 3.39. The van der Waals surface area contributed by atoms with Crippen molar-refractivity contribution in [1.82, 2.24) is 10.2 Å². The van der Waals surface area contributed by atoms with Crippen LogP contribution in [0.2, 0.25) is 0 Å². The first-order chi connectivity index (χ1) is 8.93. The fraction of sp³-hybridized carbons (Fsp3) is 0.500. The van der Waals surface area contributed by atoms with Crippen LogP contribution in [0.5, 0.6) is 5.75 Å². The van der Waals surface area contributed by atoms with Gasteiger partial charge in [0.2, 0.25) is 0 Å². The van der Waals surface area contributed by atoms with E-state index in [-0.39, 0.29) is 11.4 Å². The number of rotatable bonds is 2. The molecule has 104 valence electrons. The van der Waals surface area contributed by atoms with Gasteiger partial charge in [-0.15, -0.1) is 0 Å². The zero-order chi connectivity index (χ0) is 14.0. The van der Waals surface area contributed by atoms with E-state index >= 15 is 0 Å². The predicted octanol–water partition coefficient (Wildman–Crippen LogP) is 2.28. The van der Waals surface area contributed by atoms with Gasteiger partial charge in [-0.2, -0.15) is 0 Å². The molecule has 1 aliphatic rings. The van der Waals surface area contributed by atoms with E-state index < -0.39 is 0 Å². The first kappa shape index (κ1) is 14.3. The highest BCUT2D eigenvalue weighted by Crippen LogP contribution is 2.25. The summed E-state index contributed by atoms with van der Waals surface area (Å²) in [4.78, 5) is 14.5. The number of carbonyl (C=O) groups is 1. The van der Waals surface area contributed by atoms with Gasteiger partial charge in [0.15, 0.2) is 0 Å². The Morgan fingerprint density at radius 3 is 2.84 bits per heavy atom. The van der Waals surface area contributed by atoms with Crippen molar-refractivity contribution in [2.24, 2.45) is 0 Å². The van der Waals surface area contributed by atoms with Crippen LogP contribution in [0.3, 0.4) is 0 Å². The minimum Gasteiger partial charge on any atom is -0.496 e. The number of amides is 1. The Balaban J connectivity index is 2.24. The van der Waals surface area contributed by atoms with Crippen molar-refractivity contribution in [3.8, 4) is 5.75 Å². The van der Waals surface area contributed by atoms with Crippen molar-refractivity contribution < 1.29 is 9.53 Å². The van der Waals surface area contributed by atoms with Crippen molar-refractivity contribution in [3.63, 3.8) is 0 Å². The molecule has 1 N–H and O–H groups in total. The Hall–Kier alpha value is -1.07. The summed E-state index contributed by atoms with van der Waals surface area (Å²) in [6.07, 6.45) is 0. The van der Waals surface area contributed by atoms with E-state index in [9.17, 15) is 4.79 Å². The number of nitrogens with zero attached hydrogens (tertiary/aromatic N) is 1. The molecule has 5 heteroatoms. The van der Waals surface area contributed by atoms with Crippen LogP contribution in [0.4, 0.5) is 0 Å². The topological polar surface area (TPSA) is 41.6 Å². The summed E-state index contributed by atoms with van der Waals surface area (Å²) in [6.45, 7) is 6.45. The van der Waals surface area contributed by atoms with E-state index in [4.69, 9.17) is 4.74 Å². The minimum absolute atomic E-state index is 0.0268. The van der Waals surface area contributed by atoms with Gasteiger partial charge in [0, 0.05) is 29.6 Å². The number of halogens is 1. The fourth-order valence-electron chi connectivity index (χ4n) is 2.33. The lowest BCUT2D eigenvalue weighted by atomic mass is 10.0. The first-order valence-corrected chi connectivity index (χ1v) is 7.10. The molecule has 4 nitrogen and oxygen atoms in total. The molecule has 1 aliphatic heterocycles. The number of methoxy groups -OCH3 is 1. The number of hydrogen-bond acceptors (Lipinski definition) is 3. The molecule has 0 spiro atoms. The molecule has 1 fully saturated rings. The molecule has 1 aromatic rings. The largest absolute Gasteiger partial charge is 0.496 e. The molecule has 0 radical (unpaired) electrons. The van der Waals surface area contributed by atoms with Crippen molar-refractivity contribution in [2.45, 2.75) is 19.4 Å². The Morgan fingerprint density at radius 2 is 2.21 bits per heavy atom. The van der Waals surface area contributed by atoms with Gasteiger partial charge >= 0.3 is 0 Å². The summed E-state index contributed by atoms with van der Waals surface area (Å²) in [5.41, 5.74) is 0.569. The van der Waals surface area contributed by atoms with Crippen molar-refractivity contribution in [3.05, 3.63) is 28.2 Å². The maximum absolute atomic E-state index is 12.6. The van der Waals surface area contributed by atoms with Crippen LogP contribution in [0.25, 0.3) is 0 Å². The van der Waals surface area contributed by atoms with E-state index in [0.29, 0.717) is 17.9 Å². The SMILES string of the molecule is COc1cc(Br)ccc1C(=O)N1CCNC(C)(C)C1. The summed E-state index contributed by atoms with van der Waals surface area (Å²) in [7, 11) is 1.58. The van der Waals surface area contributed by atoms with Crippen LogP contribution in [-0.2, 0) is 0 Å². The molecule has 0 unspecified atom stereocenters. The van der Waals surface area contributed by atoms with Gasteiger partial charge in [0.1, 0.15) is 5.75 Å². The molecule has 1 saturated heterocycles. The van der Waals surface area contributed by atoms with Crippen LogP contribution in [0, 0.1) is 0 Å². The highest BCUT2D eigenvalue weighted by Gasteiger charge is 2.30. The highest BCUT2D eigenvalue weighted by molar-refractivity contribution is 9.10. The van der Waals surface area contributed by atoms with E-state index in [1.54, 1.807) is 13.2 Å². The summed E-state index contributed by atoms with van der Waals surface area (Å²) in [5, 5.41) is 3.40. The van der Waals surface area contributed by atoms with Gasteiger partial charge < -0.3 is 15.0 Å². The molecule has 0 aliphatic carbocycles. The Bertz CT molecular complexity index is 488. The van der Waals surface area contributed by atoms with Crippen molar-refractivity contribution in [1.29, 1.82) is 0 Å². The van der Waals surface area contributed by atoms with Gasteiger partial charge in [-0.3, -0.25) is 4.79 Å². The van der Waals surface area contributed by atoms with Gasteiger partial charge in [-0.25, -0.2) is 0 Å². The van der Waals surface area contributed by atoms with Crippen LogP contribution in [-0.4, -0.2) is 43.1 Å². The molecule has 2 rings (SSSR count). The molecule has 1 aromatic carbocycles. The number of piperazine rings is 1. The molecular weight excluding hydrogens is 308 g/mol. The highest BCUT2D eigenvalue weighted by atomic mass is 79.9. The zero-order valence-electron chi connectivity index (χ0n) is 11.5. The Morgan fingerprint density at radius 1 is 1.47 bits per heavy atom. The van der Waals surface area contributed by atoms with Gasteiger partial charge in [0.25, 0.3) is 5.91 Å². The number of nitrogens with one attached hydrogen (secondary N) is 1. The third-order valence-electron chi connectivity index (χ3n) is 3.25. The molecule has 0 bridgehead atoms. The maximum Gasteiger partial charge on any atom is 0.257 e. The lowest BCUT2D eigenvalue weighted by molar-refractivity contribution is 0.0649. The number of hydrogen-bond donors (Lipinski definition) is 1. The van der Waals surface area contributed by atoms with Gasteiger partial charge in [-0.05, 0) is 32.0 Å². The molecule has 0 aromatic heterocycles. The summed E-state index contributed by atoms with van der Waals surface area (Å²) < 4.78 is 6.20. The molecule has 1 heterocycles. The van der Waals surface area contributed by atoms with Gasteiger partial charge in [0.05, 0.1) is 12.7 Å². The average Bonchev–Trinajstić information content (AvgIpc) is 2.36. The van der Waals surface area contributed by atoms with E-state index in [1.165, 1.54) is 0 Å². The quantitative estimate of drug-likeness (QED) is 0.906. The Labute approximate surface area is 122 Å². The van der Waals surface area contributed by atoms with E-state index in [2.05, 4.69) is 35.1 Å². The van der Waals surface area contributed by atoms with Crippen LogP contribution < -0.4 is 10.1 Å². The first-order valence-electron chi connectivity index (χ1n) is 6.31. The summed E-state index contributed by atoms with van der Waals surface area (Å²) in [6, 6.07) is 5.49. The van der Waals surface area contributed by atoms with Crippen LogP contribution >= 0.6 is 15.9 Å². The van der Waals surface area contributed by atoms with Crippen LogP contribution in [0.15, 0.2) is 22.7 Å². The third-order valence-corrected chi connectivity index (χ3v) is 3.75. The Kier molecular flexibility index (Phi) is 4.16. The predicted molar refractivity (Wildman–Crippen MR) is 78.7 cm³/mol. The number of carbonyl (C=O) groups excluding carboxylic acids is 1. The van der Waals surface area contributed by atoms with Crippen molar-refractivity contribution in [2.75, 3.05) is 26.7 Å². The average molecular weight is 327 g/mol. The second-order valence-corrected chi connectivity index (χ2v) is 6.30. The third kappa shape index (κ3) is 3.28.